The number of nitrogens with zero attached hydrogens (tertiary/aromatic N) is 3. The summed E-state index contributed by atoms with van der Waals surface area (Å²) in [6, 6.07) is 26.5. The van der Waals surface area contributed by atoms with Crippen molar-refractivity contribution in [3.63, 3.8) is 0 Å². The summed E-state index contributed by atoms with van der Waals surface area (Å²) >= 11 is 1.72. The monoisotopic (exact) mass is 492 g/mol. The number of hydrogen-bond donors (Lipinski definition) is 1. The van der Waals surface area contributed by atoms with Crippen molar-refractivity contribution >= 4 is 28.7 Å². The number of benzene rings is 3. The quantitative estimate of drug-likeness (QED) is 0.258. The van der Waals surface area contributed by atoms with E-state index in [9.17, 15) is 4.79 Å². The first-order valence-electron chi connectivity index (χ1n) is 12.0. The Morgan fingerprint density at radius 3 is 2.44 bits per heavy atom. The van der Waals surface area contributed by atoms with Crippen LogP contribution in [0.5, 0.6) is 0 Å². The Kier molecular flexibility index (Phi) is 7.14. The number of carbonyl (C=O) groups is 1. The maximum absolute atomic E-state index is 12.7. The molecule has 180 valence electrons. The molecule has 0 aliphatic heterocycles. The largest absolute Gasteiger partial charge is 0.348 e. The molecule has 0 aliphatic rings. The lowest BCUT2D eigenvalue weighted by Gasteiger charge is -2.10. The second kappa shape index (κ2) is 10.8. The first-order valence-corrected chi connectivity index (χ1v) is 12.9. The minimum atomic E-state index is -0.0744. The van der Waals surface area contributed by atoms with Gasteiger partial charge in [0.25, 0.3) is 5.91 Å². The highest BCUT2D eigenvalue weighted by Gasteiger charge is 2.13. The molecule has 3 aromatic carbocycles. The molecular formula is C30H28N4OS. The fraction of sp³-hybridized carbons (Fsp3) is 0.167. The molecule has 0 radical (unpaired) electrons. The van der Waals surface area contributed by atoms with Gasteiger partial charge in [0.2, 0.25) is 0 Å². The fourth-order valence-electron chi connectivity index (χ4n) is 4.09. The number of pyridine rings is 1. The molecule has 2 aromatic heterocycles. The number of amides is 1. The summed E-state index contributed by atoms with van der Waals surface area (Å²) in [6.07, 6.45) is 3.64. The molecule has 0 atom stereocenters. The van der Waals surface area contributed by atoms with Crippen LogP contribution in [0.4, 0.5) is 0 Å². The minimum absolute atomic E-state index is 0.0744. The molecule has 0 fully saturated rings. The van der Waals surface area contributed by atoms with E-state index < -0.39 is 0 Å². The third kappa shape index (κ3) is 5.66. The second-order valence-electron chi connectivity index (χ2n) is 8.99. The Morgan fingerprint density at radius 1 is 0.889 bits per heavy atom. The zero-order valence-electron chi connectivity index (χ0n) is 20.4. The number of thioether (sulfide) groups is 1. The Bertz CT molecular complexity index is 1490. The molecule has 0 saturated heterocycles. The zero-order chi connectivity index (χ0) is 24.9. The third-order valence-corrected chi connectivity index (χ3v) is 7.14. The van der Waals surface area contributed by atoms with E-state index in [0.29, 0.717) is 18.7 Å². The van der Waals surface area contributed by atoms with Gasteiger partial charge in [0.1, 0.15) is 0 Å². The van der Waals surface area contributed by atoms with E-state index in [-0.39, 0.29) is 5.91 Å². The van der Waals surface area contributed by atoms with Crippen LogP contribution in [0.15, 0.2) is 96.4 Å². The van der Waals surface area contributed by atoms with Crippen LogP contribution < -0.4 is 5.32 Å². The molecule has 1 amide bonds. The second-order valence-corrected chi connectivity index (χ2v) is 9.93. The van der Waals surface area contributed by atoms with Gasteiger partial charge in [-0.2, -0.15) is 0 Å². The van der Waals surface area contributed by atoms with Gasteiger partial charge in [0.15, 0.2) is 5.16 Å². The maximum atomic E-state index is 12.7. The number of fused-ring (bicyclic) bond motifs is 1. The fourth-order valence-corrected chi connectivity index (χ4v) is 5.06. The van der Waals surface area contributed by atoms with Crippen molar-refractivity contribution in [2.24, 2.45) is 0 Å². The third-order valence-electron chi connectivity index (χ3n) is 6.10. The summed E-state index contributed by atoms with van der Waals surface area (Å²) in [7, 11) is 0. The Morgan fingerprint density at radius 2 is 1.67 bits per heavy atom. The lowest BCUT2D eigenvalue weighted by Crippen LogP contribution is -2.22. The molecule has 0 unspecified atom stereocenters. The average molecular weight is 493 g/mol. The van der Waals surface area contributed by atoms with Gasteiger partial charge in [-0.1, -0.05) is 83.6 Å². The highest BCUT2D eigenvalue weighted by Crippen LogP contribution is 2.27. The molecule has 5 rings (SSSR count). The predicted octanol–water partition coefficient (Wildman–Crippen LogP) is 6.32. The smallest absolute Gasteiger partial charge is 0.251 e. The van der Waals surface area contributed by atoms with Crippen molar-refractivity contribution in [1.82, 2.24) is 19.9 Å². The molecular weight excluding hydrogens is 464 g/mol. The number of aromatic nitrogens is 3. The summed E-state index contributed by atoms with van der Waals surface area (Å²) < 4.78 is 2.20. The molecule has 5 aromatic rings. The van der Waals surface area contributed by atoms with Crippen LogP contribution in [-0.4, -0.2) is 20.4 Å². The van der Waals surface area contributed by atoms with Crippen molar-refractivity contribution in [3.05, 3.63) is 125 Å². The van der Waals surface area contributed by atoms with Crippen LogP contribution in [0.2, 0.25) is 0 Å². The first kappa shape index (κ1) is 23.8. The molecule has 2 heterocycles. The predicted molar refractivity (Wildman–Crippen MR) is 146 cm³/mol. The van der Waals surface area contributed by atoms with Crippen LogP contribution in [0.3, 0.4) is 0 Å². The van der Waals surface area contributed by atoms with Gasteiger partial charge in [0.05, 0.1) is 23.8 Å². The number of aryl methyl sites for hydroxylation is 2. The Balaban J connectivity index is 1.29. The van der Waals surface area contributed by atoms with E-state index in [2.05, 4.69) is 65.1 Å². The van der Waals surface area contributed by atoms with Gasteiger partial charge in [-0.15, -0.1) is 0 Å². The summed E-state index contributed by atoms with van der Waals surface area (Å²) in [4.78, 5) is 21.9. The van der Waals surface area contributed by atoms with Gasteiger partial charge in [-0.25, -0.2) is 4.98 Å². The molecule has 0 bridgehead atoms. The maximum Gasteiger partial charge on any atom is 0.251 e. The van der Waals surface area contributed by atoms with Gasteiger partial charge in [0, 0.05) is 24.1 Å². The number of imidazole rings is 1. The first-order chi connectivity index (χ1) is 17.5. The number of nitrogens with one attached hydrogen (secondary N) is 1. The Labute approximate surface area is 215 Å². The molecule has 0 saturated carbocycles. The van der Waals surface area contributed by atoms with E-state index in [1.54, 1.807) is 18.0 Å². The number of carbonyl (C=O) groups excluding carboxylic acids is 1. The van der Waals surface area contributed by atoms with Crippen molar-refractivity contribution in [3.8, 4) is 0 Å². The lowest BCUT2D eigenvalue weighted by molar-refractivity contribution is 0.0951. The van der Waals surface area contributed by atoms with E-state index in [1.807, 2.05) is 48.7 Å². The molecule has 0 aliphatic carbocycles. The van der Waals surface area contributed by atoms with Gasteiger partial charge < -0.3 is 9.88 Å². The van der Waals surface area contributed by atoms with Crippen LogP contribution in [-0.2, 0) is 18.8 Å². The minimum Gasteiger partial charge on any atom is -0.348 e. The van der Waals surface area contributed by atoms with Crippen molar-refractivity contribution in [1.29, 1.82) is 0 Å². The van der Waals surface area contributed by atoms with E-state index in [1.165, 1.54) is 16.7 Å². The van der Waals surface area contributed by atoms with Gasteiger partial charge >= 0.3 is 0 Å². The van der Waals surface area contributed by atoms with Crippen molar-refractivity contribution in [2.75, 3.05) is 0 Å². The van der Waals surface area contributed by atoms with Crippen LogP contribution in [0.25, 0.3) is 11.0 Å². The van der Waals surface area contributed by atoms with E-state index in [4.69, 9.17) is 4.98 Å². The lowest BCUT2D eigenvalue weighted by atomic mass is 10.1. The topological polar surface area (TPSA) is 59.8 Å². The van der Waals surface area contributed by atoms with Crippen LogP contribution >= 0.6 is 11.8 Å². The van der Waals surface area contributed by atoms with E-state index in [0.717, 1.165) is 33.1 Å². The highest BCUT2D eigenvalue weighted by molar-refractivity contribution is 7.98. The van der Waals surface area contributed by atoms with Gasteiger partial charge in [-0.3, -0.25) is 9.78 Å². The number of hydrogen-bond acceptors (Lipinski definition) is 4. The van der Waals surface area contributed by atoms with Crippen molar-refractivity contribution < 1.29 is 4.79 Å². The molecule has 6 heteroatoms. The highest BCUT2D eigenvalue weighted by atomic mass is 32.2. The SMILES string of the molecule is Cc1ccc(CSc2nc3ccncc3n2Cc2ccc(C(=O)NCc3cccc(C)c3)cc2)cc1. The average Bonchev–Trinajstić information content (AvgIpc) is 3.24. The van der Waals surface area contributed by atoms with Gasteiger partial charge in [-0.05, 0) is 48.7 Å². The molecule has 36 heavy (non-hydrogen) atoms. The standard InChI is InChI=1S/C30H28N4OS/c1-21-6-8-24(9-7-21)20-36-30-33-27-14-15-31-18-28(27)34(30)19-23-10-12-26(13-11-23)29(35)32-17-25-5-3-4-22(2)16-25/h3-16,18H,17,19-20H2,1-2H3,(H,32,35). The molecule has 5 nitrogen and oxygen atoms in total. The Hall–Kier alpha value is -3.90. The van der Waals surface area contributed by atoms with Crippen molar-refractivity contribution in [2.45, 2.75) is 37.8 Å². The summed E-state index contributed by atoms with van der Waals surface area (Å²) in [5.74, 6) is 0.770. The normalized spacial score (nSPS) is 11.1. The molecule has 1 N–H and O–H groups in total. The zero-order valence-corrected chi connectivity index (χ0v) is 21.3. The van der Waals surface area contributed by atoms with Crippen LogP contribution in [0, 0.1) is 13.8 Å². The summed E-state index contributed by atoms with van der Waals surface area (Å²) in [5, 5.41) is 3.97. The summed E-state index contributed by atoms with van der Waals surface area (Å²) in [6.45, 7) is 5.32. The summed E-state index contributed by atoms with van der Waals surface area (Å²) in [5.41, 5.74) is 8.49. The molecule has 0 spiro atoms. The van der Waals surface area contributed by atoms with Crippen LogP contribution in [0.1, 0.15) is 38.2 Å². The van der Waals surface area contributed by atoms with E-state index >= 15 is 0 Å². The number of rotatable bonds is 8.